The number of thioether (sulfide) groups is 3. The summed E-state index contributed by atoms with van der Waals surface area (Å²) in [5, 5.41) is 172. The van der Waals surface area contributed by atoms with Gasteiger partial charge in [0.2, 0.25) is 17.7 Å². The maximum absolute atomic E-state index is 13.4. The van der Waals surface area contributed by atoms with Gasteiger partial charge in [-0.25, -0.2) is 4.79 Å². The van der Waals surface area contributed by atoms with Crippen LogP contribution in [0.2, 0.25) is 0 Å². The fraction of sp³-hybridized carbons (Fsp3) is 0.857. The Balaban J connectivity index is 1.49. The maximum Gasteiger partial charge on any atom is 0.327 e. The molecule has 4 aliphatic heterocycles. The molecule has 4 saturated heterocycles. The molecule has 0 saturated carbocycles. The van der Waals surface area contributed by atoms with Gasteiger partial charge in [0.25, 0.3) is 0 Å². The summed E-state index contributed by atoms with van der Waals surface area (Å²) in [6, 6.07) is -4.76. The van der Waals surface area contributed by atoms with E-state index in [1.165, 1.54) is 0 Å². The Kier molecular flexibility index (Phi) is 28.2. The molecule has 3 amide bonds. The van der Waals surface area contributed by atoms with Crippen LogP contribution in [-0.2, 0) is 52.4 Å². The predicted octanol–water partition coefficient (Wildman–Crippen LogP) is -12.2. The predicted molar refractivity (Wildman–Crippen MR) is 269 cm³/mol. The molecule has 24 atom stereocenters. The average molecular weight is 1200 g/mol. The highest BCUT2D eigenvalue weighted by atomic mass is 32.2. The lowest BCUT2D eigenvalue weighted by atomic mass is 9.97. The number of guanidine groups is 1. The fourth-order valence-electron chi connectivity index (χ4n) is 8.22. The van der Waals surface area contributed by atoms with Crippen LogP contribution in [0.15, 0.2) is 4.99 Å². The van der Waals surface area contributed by atoms with Crippen molar-refractivity contribution in [2.24, 2.45) is 22.2 Å². The zero-order chi connectivity index (χ0) is 59.0. The molecule has 79 heavy (non-hydrogen) atoms. The minimum absolute atomic E-state index is 0.112. The number of carbonyl (C=O) groups excluding carboxylic acids is 3. The second-order valence-corrected chi connectivity index (χ2v) is 22.1. The SMILES string of the molecule is NC(N)=NCCC[C@H](N)C(=O)NCC(=O)N[C@@H](CC(=O)O)C(=O)N[C@@H](CSCC(CS[C@@H]1O[C@H](CO)[C@@H](O[C@@H]2O[C@H](CO)[C@H](O)[C@H](O)[C@H]2O)[C@H](O)[C@H]1O)S[C@@H]1O[C@H](CO)[C@@H](O[C@@H]2O[C@H](CO)[C@H](O)[C@H](O)[C@H]2O)[C@H](O)[C@H]1O)C(=O)O. The first-order chi connectivity index (χ1) is 37.3. The fourth-order valence-corrected chi connectivity index (χ4v) is 12.5. The molecular weight excluding hydrogens is 1130 g/mol. The molecule has 25 N–H and O–H groups in total. The summed E-state index contributed by atoms with van der Waals surface area (Å²) in [6.45, 7) is -4.08. The number of ether oxygens (including phenoxy) is 6. The average Bonchev–Trinajstić information content (AvgIpc) is 3.42. The molecule has 0 radical (unpaired) electrons. The monoisotopic (exact) mass is 1200 g/mol. The van der Waals surface area contributed by atoms with Crippen molar-refractivity contribution in [1.29, 1.82) is 0 Å². The van der Waals surface area contributed by atoms with E-state index in [9.17, 15) is 106 Å². The minimum Gasteiger partial charge on any atom is -0.481 e. The minimum atomic E-state index is -1.96. The summed E-state index contributed by atoms with van der Waals surface area (Å²) in [5.74, 6) is -7.32. The van der Waals surface area contributed by atoms with Crippen LogP contribution < -0.4 is 33.2 Å². The van der Waals surface area contributed by atoms with Crippen LogP contribution in [0, 0.1) is 0 Å². The van der Waals surface area contributed by atoms with E-state index in [-0.39, 0.29) is 30.4 Å². The number of aliphatic hydroxyl groups is 14. The van der Waals surface area contributed by atoms with Crippen LogP contribution in [0.1, 0.15) is 19.3 Å². The number of aliphatic carboxylic acids is 2. The van der Waals surface area contributed by atoms with Crippen molar-refractivity contribution in [3.63, 3.8) is 0 Å². The van der Waals surface area contributed by atoms with Crippen LogP contribution in [-0.4, -0.2) is 319 Å². The first-order valence-electron chi connectivity index (χ1n) is 24.4. The van der Waals surface area contributed by atoms with Crippen molar-refractivity contribution < 1.29 is 134 Å². The normalized spacial score (nSPS) is 36.4. The van der Waals surface area contributed by atoms with Gasteiger partial charge in [-0.2, -0.15) is 11.8 Å². The van der Waals surface area contributed by atoms with E-state index in [0.29, 0.717) is 6.42 Å². The molecule has 37 heteroatoms. The van der Waals surface area contributed by atoms with Crippen LogP contribution >= 0.6 is 35.3 Å². The lowest BCUT2D eigenvalue weighted by Gasteiger charge is -2.46. The number of amides is 3. The molecule has 0 aromatic rings. The number of aliphatic imine (C=N–C) groups is 1. The third-order valence-electron chi connectivity index (χ3n) is 12.7. The van der Waals surface area contributed by atoms with Crippen LogP contribution in [0.25, 0.3) is 0 Å². The zero-order valence-electron chi connectivity index (χ0n) is 41.9. The van der Waals surface area contributed by atoms with Gasteiger partial charge in [-0.05, 0) is 12.8 Å². The summed E-state index contributed by atoms with van der Waals surface area (Å²) in [7, 11) is 0. The van der Waals surface area contributed by atoms with Gasteiger partial charge >= 0.3 is 11.9 Å². The topological polar surface area (TPSA) is 591 Å². The van der Waals surface area contributed by atoms with Gasteiger partial charge in [0.15, 0.2) is 18.5 Å². The Morgan fingerprint density at radius 3 is 1.57 bits per heavy atom. The van der Waals surface area contributed by atoms with Gasteiger partial charge in [0.1, 0.15) is 121 Å². The lowest BCUT2D eigenvalue weighted by Crippen LogP contribution is -2.64. The second-order valence-electron chi connectivity index (χ2n) is 18.5. The molecule has 0 bridgehead atoms. The third-order valence-corrected chi connectivity index (χ3v) is 17.0. The molecule has 456 valence electrons. The van der Waals surface area contributed by atoms with Crippen molar-refractivity contribution in [2.75, 3.05) is 56.8 Å². The highest BCUT2D eigenvalue weighted by Crippen LogP contribution is 2.39. The first kappa shape index (κ1) is 68.3. The Morgan fingerprint density at radius 2 is 1.09 bits per heavy atom. The van der Waals surface area contributed by atoms with E-state index in [4.69, 9.17) is 45.6 Å². The smallest absolute Gasteiger partial charge is 0.327 e. The first-order valence-corrected chi connectivity index (χ1v) is 27.6. The quantitative estimate of drug-likeness (QED) is 0.0180. The number of rotatable bonds is 30. The maximum atomic E-state index is 13.4. The van der Waals surface area contributed by atoms with Gasteiger partial charge in [-0.3, -0.25) is 24.2 Å². The number of nitrogens with two attached hydrogens (primary N) is 3. The Bertz CT molecular complexity index is 1970. The van der Waals surface area contributed by atoms with Gasteiger partial charge in [-0.1, -0.05) is 0 Å². The van der Waals surface area contributed by atoms with Crippen molar-refractivity contribution in [1.82, 2.24) is 16.0 Å². The van der Waals surface area contributed by atoms with E-state index in [1.807, 2.05) is 0 Å². The van der Waals surface area contributed by atoms with Gasteiger partial charge in [0, 0.05) is 29.1 Å². The molecule has 0 aliphatic carbocycles. The highest BCUT2D eigenvalue weighted by molar-refractivity contribution is 8.05. The Labute approximate surface area is 462 Å². The van der Waals surface area contributed by atoms with E-state index >= 15 is 0 Å². The molecule has 0 spiro atoms. The standard InChI is InChI=1S/C42H73N7O27S3/c43-14(2-1-3-46-42(44)45)35(67)47-5-21(54)48-15(4-22(55)56)36(68)49-16(37(69)70)12-77-10-13(79-41-32(66)28(62)34(20(9-53)74-41)76-39-30(64)26(60)24(58)18(7-51)72-39)11-78-40-31(65)27(61)33(19(8-52)73-40)75-38-29(63)25(59)23(57)17(6-50)71-38/h13-20,23-34,38-41,50-53,57-66H,1-12,43H2,(H,47,67)(H,48,54)(H,49,68)(H,55,56)(H,69,70)(H4,44,45,46)/t13?,14-,15-,16-,17+,18+,19+,20+,23-,24-,25-,26-,27+,28+,29+,30+,31+,32+,33+,34+,38-,39-,40-,41-/m0/s1. The summed E-state index contributed by atoms with van der Waals surface area (Å²) < 4.78 is 33.8. The van der Waals surface area contributed by atoms with Crippen LogP contribution in [0.5, 0.6) is 0 Å². The summed E-state index contributed by atoms with van der Waals surface area (Å²) in [4.78, 5) is 66.6. The Morgan fingerprint density at radius 1 is 0.582 bits per heavy atom. The molecule has 34 nitrogen and oxygen atoms in total. The van der Waals surface area contributed by atoms with Crippen molar-refractivity contribution in [2.45, 2.75) is 164 Å². The number of hydrogen-bond acceptors (Lipinski definition) is 30. The number of carboxylic acids is 2. The van der Waals surface area contributed by atoms with Crippen LogP contribution in [0.4, 0.5) is 0 Å². The summed E-state index contributed by atoms with van der Waals surface area (Å²) >= 11 is 2.40. The van der Waals surface area contributed by atoms with Crippen LogP contribution in [0.3, 0.4) is 0 Å². The number of aliphatic hydroxyl groups excluding tert-OH is 14. The van der Waals surface area contributed by atoms with E-state index < -0.39 is 219 Å². The number of nitrogens with zero attached hydrogens (tertiary/aromatic N) is 1. The van der Waals surface area contributed by atoms with Gasteiger partial charge < -0.3 is 143 Å². The van der Waals surface area contributed by atoms with Gasteiger partial charge in [0.05, 0.1) is 45.4 Å². The molecule has 0 aromatic heterocycles. The Hall–Kier alpha value is -3.17. The molecule has 4 fully saturated rings. The molecule has 4 aliphatic rings. The van der Waals surface area contributed by atoms with Crippen molar-refractivity contribution >= 4 is 70.9 Å². The molecule has 4 heterocycles. The summed E-state index contributed by atoms with van der Waals surface area (Å²) in [6.07, 6.45) is -32.5. The molecule has 1 unspecified atom stereocenters. The zero-order valence-corrected chi connectivity index (χ0v) is 44.3. The number of nitrogens with one attached hydrogen (secondary N) is 3. The second kappa shape index (κ2) is 32.6. The number of carbonyl (C=O) groups is 5. The number of carboxylic acid groups (broad SMARTS) is 2. The highest BCUT2D eigenvalue weighted by Gasteiger charge is 2.53. The third kappa shape index (κ3) is 19.2. The lowest BCUT2D eigenvalue weighted by molar-refractivity contribution is -0.338. The molecular formula is C42H73N7O27S3. The summed E-state index contributed by atoms with van der Waals surface area (Å²) in [5.41, 5.74) is 13.4. The molecule has 0 aromatic carbocycles. The largest absolute Gasteiger partial charge is 0.481 e. The van der Waals surface area contributed by atoms with Crippen molar-refractivity contribution in [3.05, 3.63) is 0 Å². The van der Waals surface area contributed by atoms with Gasteiger partial charge in [-0.15, -0.1) is 23.5 Å². The van der Waals surface area contributed by atoms with E-state index in [0.717, 1.165) is 35.3 Å². The number of hydrogen-bond donors (Lipinski definition) is 22. The van der Waals surface area contributed by atoms with E-state index in [2.05, 4.69) is 20.9 Å². The molecule has 4 rings (SSSR count). The van der Waals surface area contributed by atoms with Crippen molar-refractivity contribution in [3.8, 4) is 0 Å². The van der Waals surface area contributed by atoms with E-state index in [1.54, 1.807) is 0 Å².